The monoisotopic (exact) mass is 220 g/mol. The first-order valence-corrected chi connectivity index (χ1v) is 6.05. The highest BCUT2D eigenvalue weighted by atomic mass is 15.2. The highest BCUT2D eigenvalue weighted by Gasteiger charge is 2.19. The summed E-state index contributed by atoms with van der Waals surface area (Å²) in [6.45, 7) is 1.43. The van der Waals surface area contributed by atoms with Crippen LogP contribution in [0.15, 0.2) is 12.3 Å². The van der Waals surface area contributed by atoms with E-state index in [2.05, 4.69) is 16.0 Å². The SMILES string of the molecule is CN(CCN)c1nccc(C2CCCC2)n1. The third kappa shape index (κ3) is 2.50. The number of hydrogen-bond donors (Lipinski definition) is 1. The van der Waals surface area contributed by atoms with Gasteiger partial charge in [-0.15, -0.1) is 0 Å². The van der Waals surface area contributed by atoms with Gasteiger partial charge in [0.15, 0.2) is 0 Å². The lowest BCUT2D eigenvalue weighted by Gasteiger charge is -2.17. The molecule has 4 nitrogen and oxygen atoms in total. The van der Waals surface area contributed by atoms with Crippen molar-refractivity contribution in [3.8, 4) is 0 Å². The fourth-order valence-electron chi connectivity index (χ4n) is 2.29. The average Bonchev–Trinajstić information content (AvgIpc) is 2.83. The molecule has 0 aliphatic heterocycles. The molecule has 16 heavy (non-hydrogen) atoms. The molecule has 1 heterocycles. The molecule has 0 aromatic carbocycles. The van der Waals surface area contributed by atoms with Gasteiger partial charge in [-0.1, -0.05) is 12.8 Å². The number of likely N-dealkylation sites (N-methyl/N-ethyl adjacent to an activating group) is 1. The van der Waals surface area contributed by atoms with Gasteiger partial charge in [0.2, 0.25) is 5.95 Å². The Balaban J connectivity index is 2.12. The van der Waals surface area contributed by atoms with E-state index in [0.717, 1.165) is 12.5 Å². The van der Waals surface area contributed by atoms with E-state index in [9.17, 15) is 0 Å². The van der Waals surface area contributed by atoms with Crippen molar-refractivity contribution >= 4 is 5.95 Å². The Labute approximate surface area is 96.9 Å². The summed E-state index contributed by atoms with van der Waals surface area (Å²) < 4.78 is 0. The minimum absolute atomic E-state index is 0.632. The summed E-state index contributed by atoms with van der Waals surface area (Å²) in [5.41, 5.74) is 6.73. The second kappa shape index (κ2) is 5.25. The van der Waals surface area contributed by atoms with Crippen LogP contribution in [0.3, 0.4) is 0 Å². The van der Waals surface area contributed by atoms with Crippen molar-refractivity contribution in [3.63, 3.8) is 0 Å². The van der Waals surface area contributed by atoms with Gasteiger partial charge in [0, 0.05) is 37.9 Å². The van der Waals surface area contributed by atoms with Crippen molar-refractivity contribution in [3.05, 3.63) is 18.0 Å². The number of hydrogen-bond acceptors (Lipinski definition) is 4. The normalized spacial score (nSPS) is 16.6. The third-order valence-corrected chi connectivity index (χ3v) is 3.24. The van der Waals surface area contributed by atoms with E-state index in [1.807, 2.05) is 18.1 Å². The Bertz CT molecular complexity index is 334. The van der Waals surface area contributed by atoms with E-state index in [1.165, 1.54) is 31.4 Å². The second-order valence-electron chi connectivity index (χ2n) is 4.47. The molecular formula is C12H20N4. The molecule has 0 spiro atoms. The maximum absolute atomic E-state index is 5.53. The van der Waals surface area contributed by atoms with Crippen LogP contribution in [0.25, 0.3) is 0 Å². The van der Waals surface area contributed by atoms with Crippen LogP contribution < -0.4 is 10.6 Å². The fourth-order valence-corrected chi connectivity index (χ4v) is 2.29. The minimum Gasteiger partial charge on any atom is -0.343 e. The van der Waals surface area contributed by atoms with Crippen LogP contribution in [0.1, 0.15) is 37.3 Å². The van der Waals surface area contributed by atoms with Crippen molar-refractivity contribution in [1.82, 2.24) is 9.97 Å². The first-order chi connectivity index (χ1) is 7.81. The molecule has 0 bridgehead atoms. The quantitative estimate of drug-likeness (QED) is 0.836. The van der Waals surface area contributed by atoms with E-state index in [4.69, 9.17) is 5.73 Å². The summed E-state index contributed by atoms with van der Waals surface area (Å²) in [7, 11) is 1.99. The predicted molar refractivity (Wildman–Crippen MR) is 65.6 cm³/mol. The molecule has 1 aromatic rings. The molecule has 1 saturated carbocycles. The molecule has 1 aliphatic carbocycles. The Kier molecular flexibility index (Phi) is 3.72. The molecule has 0 radical (unpaired) electrons. The third-order valence-electron chi connectivity index (χ3n) is 3.24. The summed E-state index contributed by atoms with van der Waals surface area (Å²) >= 11 is 0. The summed E-state index contributed by atoms with van der Waals surface area (Å²) in [4.78, 5) is 10.9. The zero-order valence-electron chi connectivity index (χ0n) is 9.89. The molecule has 2 N–H and O–H groups in total. The maximum atomic E-state index is 5.53. The number of nitrogens with two attached hydrogens (primary N) is 1. The Morgan fingerprint density at radius 1 is 1.44 bits per heavy atom. The first kappa shape index (κ1) is 11.3. The van der Waals surface area contributed by atoms with Crippen LogP contribution in [0.5, 0.6) is 0 Å². The maximum Gasteiger partial charge on any atom is 0.225 e. The van der Waals surface area contributed by atoms with Crippen LogP contribution in [0, 0.1) is 0 Å². The van der Waals surface area contributed by atoms with Crippen molar-refractivity contribution < 1.29 is 0 Å². The number of nitrogens with zero attached hydrogens (tertiary/aromatic N) is 3. The van der Waals surface area contributed by atoms with Crippen molar-refractivity contribution in [1.29, 1.82) is 0 Å². The molecular weight excluding hydrogens is 200 g/mol. The molecule has 1 fully saturated rings. The highest BCUT2D eigenvalue weighted by molar-refractivity contribution is 5.29. The van der Waals surface area contributed by atoms with E-state index >= 15 is 0 Å². The molecule has 0 amide bonds. The van der Waals surface area contributed by atoms with Gasteiger partial charge in [0.05, 0.1) is 0 Å². The predicted octanol–water partition coefficient (Wildman–Crippen LogP) is 1.53. The molecule has 88 valence electrons. The number of rotatable bonds is 4. The van der Waals surface area contributed by atoms with Crippen LogP contribution >= 0.6 is 0 Å². The standard InChI is InChI=1S/C12H20N4/c1-16(9-7-13)12-14-8-6-11(15-12)10-4-2-3-5-10/h6,8,10H,2-5,7,9,13H2,1H3. The summed E-state index contributed by atoms with van der Waals surface area (Å²) in [5.74, 6) is 1.45. The zero-order valence-corrected chi connectivity index (χ0v) is 9.89. The van der Waals surface area contributed by atoms with Crippen LogP contribution in [0.4, 0.5) is 5.95 Å². The van der Waals surface area contributed by atoms with Gasteiger partial charge < -0.3 is 10.6 Å². The largest absolute Gasteiger partial charge is 0.343 e. The van der Waals surface area contributed by atoms with Crippen LogP contribution in [-0.4, -0.2) is 30.1 Å². The molecule has 0 unspecified atom stereocenters. The van der Waals surface area contributed by atoms with E-state index in [-0.39, 0.29) is 0 Å². The zero-order chi connectivity index (χ0) is 11.4. The lowest BCUT2D eigenvalue weighted by Crippen LogP contribution is -2.26. The highest BCUT2D eigenvalue weighted by Crippen LogP contribution is 2.33. The lowest BCUT2D eigenvalue weighted by molar-refractivity contribution is 0.689. The first-order valence-electron chi connectivity index (χ1n) is 6.05. The van der Waals surface area contributed by atoms with Crippen molar-refractivity contribution in [2.75, 3.05) is 25.0 Å². The van der Waals surface area contributed by atoms with Gasteiger partial charge in [-0.3, -0.25) is 0 Å². The average molecular weight is 220 g/mol. The summed E-state index contributed by atoms with van der Waals surface area (Å²) in [6.07, 6.45) is 7.09. The molecule has 1 aromatic heterocycles. The van der Waals surface area contributed by atoms with E-state index in [0.29, 0.717) is 12.5 Å². The summed E-state index contributed by atoms with van der Waals surface area (Å²) in [5, 5.41) is 0. The molecule has 2 rings (SSSR count). The molecule has 1 aliphatic rings. The van der Waals surface area contributed by atoms with Gasteiger partial charge >= 0.3 is 0 Å². The Morgan fingerprint density at radius 3 is 2.88 bits per heavy atom. The van der Waals surface area contributed by atoms with Gasteiger partial charge in [-0.2, -0.15) is 0 Å². The molecule has 0 saturated heterocycles. The smallest absolute Gasteiger partial charge is 0.225 e. The van der Waals surface area contributed by atoms with Gasteiger partial charge in [-0.05, 0) is 18.9 Å². The topological polar surface area (TPSA) is 55.0 Å². The summed E-state index contributed by atoms with van der Waals surface area (Å²) in [6, 6.07) is 2.05. The lowest BCUT2D eigenvalue weighted by atomic mass is 10.0. The Hall–Kier alpha value is -1.16. The number of aromatic nitrogens is 2. The van der Waals surface area contributed by atoms with Gasteiger partial charge in [-0.25, -0.2) is 9.97 Å². The van der Waals surface area contributed by atoms with Crippen LogP contribution in [0.2, 0.25) is 0 Å². The molecule has 0 atom stereocenters. The van der Waals surface area contributed by atoms with Gasteiger partial charge in [0.1, 0.15) is 0 Å². The number of anilines is 1. The van der Waals surface area contributed by atoms with E-state index < -0.39 is 0 Å². The van der Waals surface area contributed by atoms with E-state index in [1.54, 1.807) is 0 Å². The van der Waals surface area contributed by atoms with Gasteiger partial charge in [0.25, 0.3) is 0 Å². The van der Waals surface area contributed by atoms with Crippen molar-refractivity contribution in [2.24, 2.45) is 5.73 Å². The second-order valence-corrected chi connectivity index (χ2v) is 4.47. The van der Waals surface area contributed by atoms with Crippen molar-refractivity contribution in [2.45, 2.75) is 31.6 Å². The fraction of sp³-hybridized carbons (Fsp3) is 0.667. The van der Waals surface area contributed by atoms with Crippen LogP contribution in [-0.2, 0) is 0 Å². The minimum atomic E-state index is 0.632. The Morgan fingerprint density at radius 2 is 2.19 bits per heavy atom. The molecule has 4 heteroatoms.